The van der Waals surface area contributed by atoms with Crippen molar-refractivity contribution >= 4 is 11.8 Å². The molecular formula is C17H12F6N4O2. The standard InChI is InChI=1S/C17H12F6N4O2/c18-11-6-13(20)12(19)5-10(11)3-9(8-28)4-15(29)26-1-2-27-14(7-26)24-25-16(27)17(21,22)23/h5-6H,1-4,7H2. The summed E-state index contributed by atoms with van der Waals surface area (Å²) < 4.78 is 79.4. The van der Waals surface area contributed by atoms with E-state index in [0.717, 1.165) is 4.57 Å². The van der Waals surface area contributed by atoms with Crippen molar-refractivity contribution in [3.05, 3.63) is 52.4 Å². The molecule has 1 amide bonds. The maximum atomic E-state index is 13.7. The Bertz CT molecular complexity index is 1010. The molecule has 1 aromatic heterocycles. The summed E-state index contributed by atoms with van der Waals surface area (Å²) in [5.74, 6) is -4.18. The molecule has 0 saturated carbocycles. The minimum Gasteiger partial charge on any atom is -0.333 e. The molecule has 0 saturated heterocycles. The molecule has 0 atom stereocenters. The van der Waals surface area contributed by atoms with Crippen molar-refractivity contribution < 1.29 is 35.9 Å². The van der Waals surface area contributed by atoms with Crippen LogP contribution in [0, 0.1) is 17.5 Å². The Morgan fingerprint density at radius 3 is 2.41 bits per heavy atom. The highest BCUT2D eigenvalue weighted by Gasteiger charge is 2.39. The second-order valence-electron chi connectivity index (χ2n) is 6.32. The zero-order valence-corrected chi connectivity index (χ0v) is 14.6. The van der Waals surface area contributed by atoms with Gasteiger partial charge >= 0.3 is 6.18 Å². The van der Waals surface area contributed by atoms with Crippen molar-refractivity contribution in [2.45, 2.75) is 32.1 Å². The number of fused-ring (bicyclic) bond motifs is 1. The topological polar surface area (TPSA) is 68.1 Å². The molecule has 154 valence electrons. The second-order valence-corrected chi connectivity index (χ2v) is 6.32. The highest BCUT2D eigenvalue weighted by molar-refractivity contribution is 5.81. The van der Waals surface area contributed by atoms with Gasteiger partial charge in [-0.25, -0.2) is 18.0 Å². The Morgan fingerprint density at radius 2 is 1.76 bits per heavy atom. The molecule has 0 radical (unpaired) electrons. The Morgan fingerprint density at radius 1 is 1.07 bits per heavy atom. The average Bonchev–Trinajstić information content (AvgIpc) is 3.08. The van der Waals surface area contributed by atoms with E-state index in [-0.39, 0.29) is 36.6 Å². The van der Waals surface area contributed by atoms with Gasteiger partial charge in [-0.2, -0.15) is 13.2 Å². The lowest BCUT2D eigenvalue weighted by Gasteiger charge is -2.28. The monoisotopic (exact) mass is 418 g/mol. The van der Waals surface area contributed by atoms with Gasteiger partial charge in [-0.1, -0.05) is 0 Å². The summed E-state index contributed by atoms with van der Waals surface area (Å²) in [7, 11) is 0. The Hall–Kier alpha value is -3.14. The molecule has 0 spiro atoms. The van der Waals surface area contributed by atoms with E-state index in [4.69, 9.17) is 0 Å². The number of hydrogen-bond acceptors (Lipinski definition) is 4. The summed E-state index contributed by atoms with van der Waals surface area (Å²) in [6.45, 7) is -0.535. The van der Waals surface area contributed by atoms with Crippen LogP contribution in [-0.4, -0.2) is 38.1 Å². The Kier molecular flexibility index (Phi) is 5.47. The Balaban J connectivity index is 1.69. The van der Waals surface area contributed by atoms with E-state index in [0.29, 0.717) is 12.1 Å². The molecule has 1 aliphatic rings. The maximum Gasteiger partial charge on any atom is 0.451 e. The van der Waals surface area contributed by atoms with Crippen LogP contribution < -0.4 is 0 Å². The van der Waals surface area contributed by atoms with E-state index in [1.165, 1.54) is 10.8 Å². The number of halogens is 6. The molecule has 6 nitrogen and oxygen atoms in total. The first-order valence-corrected chi connectivity index (χ1v) is 8.23. The van der Waals surface area contributed by atoms with Gasteiger partial charge in [-0.15, -0.1) is 10.2 Å². The fourth-order valence-corrected chi connectivity index (χ4v) is 2.94. The van der Waals surface area contributed by atoms with Crippen LogP contribution in [-0.2, 0) is 35.3 Å². The first kappa shape index (κ1) is 20.6. The van der Waals surface area contributed by atoms with Crippen LogP contribution in [0.3, 0.4) is 0 Å². The van der Waals surface area contributed by atoms with Gasteiger partial charge in [0.15, 0.2) is 17.5 Å². The molecule has 12 heteroatoms. The summed E-state index contributed by atoms with van der Waals surface area (Å²) in [5, 5.41) is 6.54. The third-order valence-corrected chi connectivity index (χ3v) is 4.36. The molecule has 0 unspecified atom stereocenters. The maximum absolute atomic E-state index is 13.7. The summed E-state index contributed by atoms with van der Waals surface area (Å²) >= 11 is 0. The van der Waals surface area contributed by atoms with E-state index in [1.54, 1.807) is 0 Å². The van der Waals surface area contributed by atoms with E-state index in [9.17, 15) is 35.9 Å². The van der Waals surface area contributed by atoms with Crippen molar-refractivity contribution in [2.24, 2.45) is 0 Å². The molecule has 2 heterocycles. The number of hydrogen-bond donors (Lipinski definition) is 0. The van der Waals surface area contributed by atoms with Crippen LogP contribution >= 0.6 is 0 Å². The minimum absolute atomic E-state index is 0.0693. The van der Waals surface area contributed by atoms with Crippen molar-refractivity contribution in [3.63, 3.8) is 0 Å². The lowest BCUT2D eigenvalue weighted by molar-refractivity contribution is -0.148. The number of carbonyl (C=O) groups is 1. The molecule has 0 fully saturated rings. The van der Waals surface area contributed by atoms with Gasteiger partial charge in [0.25, 0.3) is 0 Å². The van der Waals surface area contributed by atoms with Crippen LogP contribution in [0.4, 0.5) is 26.3 Å². The first-order valence-electron chi connectivity index (χ1n) is 8.23. The van der Waals surface area contributed by atoms with Crippen molar-refractivity contribution in [3.8, 4) is 0 Å². The molecular weight excluding hydrogens is 406 g/mol. The van der Waals surface area contributed by atoms with Crippen molar-refractivity contribution in [1.29, 1.82) is 0 Å². The van der Waals surface area contributed by atoms with E-state index in [2.05, 4.69) is 10.2 Å². The molecule has 29 heavy (non-hydrogen) atoms. The molecule has 0 aliphatic carbocycles. The fraction of sp³-hybridized carbons (Fsp3) is 0.353. The second kappa shape index (κ2) is 7.70. The number of alkyl halides is 3. The minimum atomic E-state index is -4.68. The van der Waals surface area contributed by atoms with Crippen LogP contribution in [0.2, 0.25) is 0 Å². The summed E-state index contributed by atoms with van der Waals surface area (Å²) in [4.78, 5) is 24.7. The number of rotatable bonds is 4. The predicted molar refractivity (Wildman–Crippen MR) is 84.3 cm³/mol. The van der Waals surface area contributed by atoms with Crippen LogP contribution in [0.25, 0.3) is 0 Å². The number of aromatic nitrogens is 3. The van der Waals surface area contributed by atoms with Gasteiger partial charge < -0.3 is 9.47 Å². The van der Waals surface area contributed by atoms with Gasteiger partial charge in [0, 0.05) is 31.1 Å². The normalized spacial score (nSPS) is 13.8. The smallest absolute Gasteiger partial charge is 0.333 e. The van der Waals surface area contributed by atoms with Gasteiger partial charge in [-0.3, -0.25) is 4.79 Å². The van der Waals surface area contributed by atoms with E-state index >= 15 is 0 Å². The quantitative estimate of drug-likeness (QED) is 0.435. The molecule has 1 aromatic carbocycles. The number of benzene rings is 1. The zero-order chi connectivity index (χ0) is 21.3. The number of nitrogens with zero attached hydrogens (tertiary/aromatic N) is 4. The van der Waals surface area contributed by atoms with Crippen molar-refractivity contribution in [2.75, 3.05) is 6.54 Å². The zero-order valence-electron chi connectivity index (χ0n) is 14.6. The van der Waals surface area contributed by atoms with E-state index < -0.39 is 48.2 Å². The highest BCUT2D eigenvalue weighted by Crippen LogP contribution is 2.29. The third-order valence-electron chi connectivity index (χ3n) is 4.36. The predicted octanol–water partition coefficient (Wildman–Crippen LogP) is 2.45. The summed E-state index contributed by atoms with van der Waals surface area (Å²) in [6, 6.07) is 0.902. The van der Waals surface area contributed by atoms with Crippen LogP contribution in [0.1, 0.15) is 23.6 Å². The van der Waals surface area contributed by atoms with Gasteiger partial charge in [0.2, 0.25) is 11.7 Å². The van der Waals surface area contributed by atoms with Gasteiger partial charge in [0.05, 0.1) is 13.0 Å². The number of amides is 1. The molecule has 1 aliphatic heterocycles. The lowest BCUT2D eigenvalue weighted by Crippen LogP contribution is -2.39. The Labute approximate surface area is 159 Å². The fourth-order valence-electron chi connectivity index (χ4n) is 2.94. The van der Waals surface area contributed by atoms with Gasteiger partial charge in [0.1, 0.15) is 11.8 Å². The van der Waals surface area contributed by atoms with Crippen LogP contribution in [0.15, 0.2) is 17.7 Å². The van der Waals surface area contributed by atoms with Crippen LogP contribution in [0.5, 0.6) is 0 Å². The van der Waals surface area contributed by atoms with E-state index in [1.807, 2.05) is 0 Å². The third kappa shape index (κ3) is 4.32. The molecule has 0 N–H and O–H groups in total. The first-order chi connectivity index (χ1) is 13.6. The van der Waals surface area contributed by atoms with Crippen molar-refractivity contribution in [1.82, 2.24) is 19.7 Å². The molecule has 2 aromatic rings. The SMILES string of the molecule is O=C=C(CC(=O)N1CCn2c(nnc2C(F)(F)F)C1)Cc1cc(F)c(F)cc1F. The lowest BCUT2D eigenvalue weighted by atomic mass is 10.0. The highest BCUT2D eigenvalue weighted by atomic mass is 19.4. The molecule has 3 rings (SSSR count). The van der Waals surface area contributed by atoms with Gasteiger partial charge in [-0.05, 0) is 11.6 Å². The summed E-state index contributed by atoms with van der Waals surface area (Å²) in [6.07, 6.45) is -5.66. The summed E-state index contributed by atoms with van der Waals surface area (Å²) in [5.41, 5.74) is -0.550. The largest absolute Gasteiger partial charge is 0.451 e. The average molecular weight is 418 g/mol. The number of carbonyl (C=O) groups excluding carboxylic acids is 2. The molecule has 0 bridgehead atoms.